The first-order valence-electron chi connectivity index (χ1n) is 6.02. The molecule has 0 amide bonds. The Labute approximate surface area is 106 Å². The second-order valence-electron chi connectivity index (χ2n) is 4.80. The van der Waals surface area contributed by atoms with Gasteiger partial charge in [0.15, 0.2) is 11.5 Å². The van der Waals surface area contributed by atoms with E-state index in [4.69, 9.17) is 5.73 Å². The summed E-state index contributed by atoms with van der Waals surface area (Å²) in [5.74, 6) is -0.0638. The molecule has 0 heterocycles. The van der Waals surface area contributed by atoms with Gasteiger partial charge in [0.05, 0.1) is 0 Å². The monoisotopic (exact) mass is 241 g/mol. The van der Waals surface area contributed by atoms with E-state index in [0.717, 1.165) is 23.1 Å². The van der Waals surface area contributed by atoms with Crippen molar-refractivity contribution in [1.82, 2.24) is 0 Å². The fourth-order valence-electron chi connectivity index (χ4n) is 2.79. The Morgan fingerprint density at radius 3 is 2.39 bits per heavy atom. The molecule has 0 radical (unpaired) electrons. The van der Waals surface area contributed by atoms with Crippen molar-refractivity contribution in [3.8, 4) is 11.5 Å². The van der Waals surface area contributed by atoms with Crippen molar-refractivity contribution in [1.29, 1.82) is 0 Å². The summed E-state index contributed by atoms with van der Waals surface area (Å²) in [6.07, 6.45) is 0.725. The van der Waals surface area contributed by atoms with Gasteiger partial charge in [0.2, 0.25) is 0 Å². The molecule has 1 aliphatic carbocycles. The summed E-state index contributed by atoms with van der Waals surface area (Å²) in [6, 6.07) is 13.3. The molecule has 0 unspecified atom stereocenters. The maximum atomic E-state index is 9.64. The van der Waals surface area contributed by atoms with E-state index in [9.17, 15) is 10.2 Å². The number of aromatic hydroxyl groups is 2. The van der Waals surface area contributed by atoms with E-state index in [2.05, 4.69) is 0 Å². The average molecular weight is 241 g/mol. The highest BCUT2D eigenvalue weighted by molar-refractivity contribution is 5.53. The number of benzene rings is 2. The van der Waals surface area contributed by atoms with Crippen molar-refractivity contribution >= 4 is 0 Å². The number of hydrogen-bond acceptors (Lipinski definition) is 3. The number of fused-ring (bicyclic) bond motifs is 1. The van der Waals surface area contributed by atoms with Crippen molar-refractivity contribution in [2.75, 3.05) is 0 Å². The van der Waals surface area contributed by atoms with E-state index in [1.807, 2.05) is 30.3 Å². The lowest BCUT2D eigenvalue weighted by atomic mass is 9.90. The molecule has 0 saturated heterocycles. The Balaban J connectivity index is 2.12. The second kappa shape index (κ2) is 4.03. The number of hydrogen-bond donors (Lipinski definition) is 3. The molecule has 2 aromatic rings. The van der Waals surface area contributed by atoms with Crippen molar-refractivity contribution in [3.05, 3.63) is 59.2 Å². The third-order valence-corrected chi connectivity index (χ3v) is 3.61. The maximum absolute atomic E-state index is 9.64. The normalized spacial score (nSPS) is 21.8. The molecular formula is C15H15NO2. The van der Waals surface area contributed by atoms with Gasteiger partial charge in [-0.1, -0.05) is 30.3 Å². The molecule has 3 rings (SSSR count). The van der Waals surface area contributed by atoms with Crippen LogP contribution in [0.3, 0.4) is 0 Å². The SMILES string of the molecule is N[C@H]1Cc2cc(O)c(O)cc2[C@@H]1c1ccccc1. The van der Waals surface area contributed by atoms with Crippen molar-refractivity contribution in [2.45, 2.75) is 18.4 Å². The summed E-state index contributed by atoms with van der Waals surface area (Å²) in [7, 11) is 0. The third kappa shape index (κ3) is 1.64. The summed E-state index contributed by atoms with van der Waals surface area (Å²) in [5.41, 5.74) is 9.38. The lowest BCUT2D eigenvalue weighted by Gasteiger charge is -2.17. The predicted octanol–water partition coefficient (Wildman–Crippen LogP) is 2.11. The van der Waals surface area contributed by atoms with Gasteiger partial charge in [-0.25, -0.2) is 0 Å². The first kappa shape index (κ1) is 11.1. The van der Waals surface area contributed by atoms with Crippen LogP contribution in [0.25, 0.3) is 0 Å². The lowest BCUT2D eigenvalue weighted by molar-refractivity contribution is 0.403. The molecule has 3 heteroatoms. The Hall–Kier alpha value is -2.00. The lowest BCUT2D eigenvalue weighted by Crippen LogP contribution is -2.25. The maximum Gasteiger partial charge on any atom is 0.157 e. The van der Waals surface area contributed by atoms with Crippen LogP contribution < -0.4 is 5.73 Å². The number of phenolic OH excluding ortho intramolecular Hbond substituents is 2. The summed E-state index contributed by atoms with van der Waals surface area (Å²) in [5, 5.41) is 19.2. The van der Waals surface area contributed by atoms with Crippen LogP contribution in [-0.2, 0) is 6.42 Å². The van der Waals surface area contributed by atoms with Crippen LogP contribution in [0.5, 0.6) is 11.5 Å². The van der Waals surface area contributed by atoms with Gasteiger partial charge in [-0.3, -0.25) is 0 Å². The number of rotatable bonds is 1. The summed E-state index contributed by atoms with van der Waals surface area (Å²) in [4.78, 5) is 0. The van der Waals surface area contributed by atoms with Crippen LogP contribution in [0, 0.1) is 0 Å². The predicted molar refractivity (Wildman–Crippen MR) is 69.7 cm³/mol. The zero-order chi connectivity index (χ0) is 12.7. The largest absolute Gasteiger partial charge is 0.504 e. The summed E-state index contributed by atoms with van der Waals surface area (Å²) >= 11 is 0. The second-order valence-corrected chi connectivity index (χ2v) is 4.80. The first-order chi connectivity index (χ1) is 8.66. The highest BCUT2D eigenvalue weighted by Gasteiger charge is 2.32. The molecule has 0 bridgehead atoms. The van der Waals surface area contributed by atoms with Crippen molar-refractivity contribution < 1.29 is 10.2 Å². The number of phenols is 2. The molecule has 2 atom stereocenters. The van der Waals surface area contributed by atoms with Gasteiger partial charge in [0.25, 0.3) is 0 Å². The number of nitrogens with two attached hydrogens (primary N) is 1. The molecular weight excluding hydrogens is 226 g/mol. The van der Waals surface area contributed by atoms with Gasteiger partial charge in [-0.2, -0.15) is 0 Å². The van der Waals surface area contributed by atoms with E-state index < -0.39 is 0 Å². The van der Waals surface area contributed by atoms with Gasteiger partial charge in [0, 0.05) is 12.0 Å². The quantitative estimate of drug-likeness (QED) is 0.670. The topological polar surface area (TPSA) is 66.5 Å². The highest BCUT2D eigenvalue weighted by atomic mass is 16.3. The molecule has 0 spiro atoms. The van der Waals surface area contributed by atoms with E-state index in [1.165, 1.54) is 0 Å². The minimum Gasteiger partial charge on any atom is -0.504 e. The van der Waals surface area contributed by atoms with Gasteiger partial charge in [-0.15, -0.1) is 0 Å². The fraction of sp³-hybridized carbons (Fsp3) is 0.200. The molecule has 3 nitrogen and oxygen atoms in total. The summed E-state index contributed by atoms with van der Waals surface area (Å²) < 4.78 is 0. The molecule has 0 aliphatic heterocycles. The van der Waals surface area contributed by atoms with Crippen LogP contribution in [0.15, 0.2) is 42.5 Å². The van der Waals surface area contributed by atoms with E-state index in [0.29, 0.717) is 0 Å². The Kier molecular flexibility index (Phi) is 2.49. The smallest absolute Gasteiger partial charge is 0.157 e. The molecule has 18 heavy (non-hydrogen) atoms. The fourth-order valence-corrected chi connectivity index (χ4v) is 2.79. The molecule has 4 N–H and O–H groups in total. The van der Waals surface area contributed by atoms with Crippen LogP contribution in [0.1, 0.15) is 22.6 Å². The minimum absolute atomic E-state index is 0.0106. The van der Waals surface area contributed by atoms with Crippen molar-refractivity contribution in [2.24, 2.45) is 5.73 Å². The van der Waals surface area contributed by atoms with Gasteiger partial charge in [0.1, 0.15) is 0 Å². The van der Waals surface area contributed by atoms with Crippen LogP contribution >= 0.6 is 0 Å². The van der Waals surface area contributed by atoms with Crippen LogP contribution in [0.4, 0.5) is 0 Å². The van der Waals surface area contributed by atoms with E-state index >= 15 is 0 Å². The molecule has 92 valence electrons. The standard InChI is InChI=1S/C15H15NO2/c16-12-6-10-7-13(17)14(18)8-11(10)15(12)9-4-2-1-3-5-9/h1-5,7-8,12,15,17-18H,6,16H2/t12-,15-/m0/s1. The third-order valence-electron chi connectivity index (χ3n) is 3.61. The summed E-state index contributed by atoms with van der Waals surface area (Å²) in [6.45, 7) is 0. The Bertz CT molecular complexity index is 581. The first-order valence-corrected chi connectivity index (χ1v) is 6.02. The van der Waals surface area contributed by atoms with Gasteiger partial charge < -0.3 is 15.9 Å². The molecule has 0 saturated carbocycles. The molecule has 2 aromatic carbocycles. The minimum atomic E-state index is -0.0798. The zero-order valence-electron chi connectivity index (χ0n) is 9.88. The van der Waals surface area contributed by atoms with E-state index in [1.54, 1.807) is 12.1 Å². The zero-order valence-corrected chi connectivity index (χ0v) is 9.88. The van der Waals surface area contributed by atoms with E-state index in [-0.39, 0.29) is 23.5 Å². The average Bonchev–Trinajstić information content (AvgIpc) is 2.66. The molecule has 0 fully saturated rings. The molecule has 0 aromatic heterocycles. The van der Waals surface area contributed by atoms with Crippen molar-refractivity contribution in [3.63, 3.8) is 0 Å². The van der Waals surface area contributed by atoms with Gasteiger partial charge >= 0.3 is 0 Å². The Morgan fingerprint density at radius 2 is 1.67 bits per heavy atom. The highest BCUT2D eigenvalue weighted by Crippen LogP contribution is 2.41. The van der Waals surface area contributed by atoms with Crippen LogP contribution in [-0.4, -0.2) is 16.3 Å². The van der Waals surface area contributed by atoms with Crippen LogP contribution in [0.2, 0.25) is 0 Å². The Morgan fingerprint density at radius 1 is 1.00 bits per heavy atom. The molecule has 1 aliphatic rings. The van der Waals surface area contributed by atoms with Gasteiger partial charge in [-0.05, 0) is 35.2 Å².